The minimum absolute atomic E-state index is 0.178. The molecule has 2 rings (SSSR count). The Kier molecular flexibility index (Phi) is 4.15. The molecule has 0 aliphatic carbocycles. The van der Waals surface area contributed by atoms with Crippen molar-refractivity contribution in [2.45, 2.75) is 13.2 Å². The van der Waals surface area contributed by atoms with Crippen molar-refractivity contribution < 1.29 is 23.9 Å². The van der Waals surface area contributed by atoms with Crippen molar-refractivity contribution in [1.82, 2.24) is 5.16 Å². The number of aromatic carboxylic acids is 1. The van der Waals surface area contributed by atoms with Gasteiger partial charge in [0.15, 0.2) is 5.76 Å². The van der Waals surface area contributed by atoms with E-state index < -0.39 is 5.97 Å². The third-order valence-electron chi connectivity index (χ3n) is 2.36. The first kappa shape index (κ1) is 13.1. The first-order chi connectivity index (χ1) is 9.19. The highest BCUT2D eigenvalue weighted by molar-refractivity contribution is 5.87. The topological polar surface area (TPSA) is 81.8 Å². The average Bonchev–Trinajstić information content (AvgIpc) is 2.85. The normalized spacial score (nSPS) is 10.4. The molecule has 0 unspecified atom stereocenters. The lowest BCUT2D eigenvalue weighted by atomic mass is 10.2. The molecule has 6 heteroatoms. The van der Waals surface area contributed by atoms with E-state index in [4.69, 9.17) is 19.1 Å². The number of carboxylic acids is 1. The van der Waals surface area contributed by atoms with Crippen LogP contribution >= 0.6 is 0 Å². The molecule has 19 heavy (non-hydrogen) atoms. The van der Waals surface area contributed by atoms with Gasteiger partial charge in [0, 0.05) is 13.2 Å². The predicted molar refractivity (Wildman–Crippen MR) is 64.9 cm³/mol. The highest BCUT2D eigenvalue weighted by Gasteiger charge is 2.06. The maximum absolute atomic E-state index is 10.8. The Hall–Kier alpha value is -2.34. The molecule has 0 saturated carbocycles. The van der Waals surface area contributed by atoms with E-state index in [0.29, 0.717) is 23.8 Å². The molecule has 0 spiro atoms. The summed E-state index contributed by atoms with van der Waals surface area (Å²) in [4.78, 5) is 10.8. The highest BCUT2D eigenvalue weighted by atomic mass is 16.5. The molecule has 0 radical (unpaired) electrons. The number of carbonyl (C=O) groups is 1. The van der Waals surface area contributed by atoms with Crippen LogP contribution < -0.4 is 4.74 Å². The van der Waals surface area contributed by atoms with Crippen molar-refractivity contribution in [2.75, 3.05) is 7.11 Å². The van der Waals surface area contributed by atoms with E-state index in [0.717, 1.165) is 0 Å². The van der Waals surface area contributed by atoms with Crippen LogP contribution in [0.25, 0.3) is 0 Å². The van der Waals surface area contributed by atoms with Gasteiger partial charge in [-0.1, -0.05) is 11.2 Å². The lowest BCUT2D eigenvalue weighted by molar-refractivity contribution is 0.0696. The van der Waals surface area contributed by atoms with Crippen LogP contribution in [0.4, 0.5) is 0 Å². The summed E-state index contributed by atoms with van der Waals surface area (Å²) in [6.45, 7) is 0.553. The number of aromatic nitrogens is 1. The van der Waals surface area contributed by atoms with E-state index in [1.807, 2.05) is 0 Å². The van der Waals surface area contributed by atoms with E-state index in [-0.39, 0.29) is 12.2 Å². The summed E-state index contributed by atoms with van der Waals surface area (Å²) in [5, 5.41) is 12.7. The van der Waals surface area contributed by atoms with Crippen LogP contribution in [0.15, 0.2) is 34.9 Å². The van der Waals surface area contributed by atoms with Gasteiger partial charge in [-0.25, -0.2) is 4.79 Å². The first-order valence-corrected chi connectivity index (χ1v) is 5.58. The van der Waals surface area contributed by atoms with Crippen LogP contribution in [-0.2, 0) is 18.0 Å². The highest BCUT2D eigenvalue weighted by Crippen LogP contribution is 2.15. The van der Waals surface area contributed by atoms with E-state index >= 15 is 0 Å². The van der Waals surface area contributed by atoms with Gasteiger partial charge in [-0.05, 0) is 18.2 Å². The van der Waals surface area contributed by atoms with Crippen molar-refractivity contribution in [1.29, 1.82) is 0 Å². The third kappa shape index (κ3) is 3.56. The molecule has 0 fully saturated rings. The fraction of sp³-hybridized carbons (Fsp3) is 0.231. The first-order valence-electron chi connectivity index (χ1n) is 5.58. The van der Waals surface area contributed by atoms with Crippen molar-refractivity contribution >= 4 is 5.97 Å². The van der Waals surface area contributed by atoms with Crippen LogP contribution in [-0.4, -0.2) is 23.3 Å². The fourth-order valence-corrected chi connectivity index (χ4v) is 1.51. The molecule has 0 aliphatic heterocycles. The van der Waals surface area contributed by atoms with Gasteiger partial charge in [0.25, 0.3) is 0 Å². The SMILES string of the molecule is COCc1cc(COc2cccc(C(=O)O)c2)no1. The molecule has 0 amide bonds. The molecule has 1 aromatic heterocycles. The Bertz CT molecular complexity index is 564. The van der Waals surface area contributed by atoms with Crippen LogP contribution in [0.2, 0.25) is 0 Å². The monoisotopic (exact) mass is 263 g/mol. The van der Waals surface area contributed by atoms with Gasteiger partial charge in [-0.3, -0.25) is 0 Å². The van der Waals surface area contributed by atoms with Gasteiger partial charge >= 0.3 is 5.97 Å². The minimum atomic E-state index is -0.991. The van der Waals surface area contributed by atoms with E-state index in [1.54, 1.807) is 25.3 Å². The number of methoxy groups -OCH3 is 1. The summed E-state index contributed by atoms with van der Waals surface area (Å²) < 4.78 is 15.4. The summed E-state index contributed by atoms with van der Waals surface area (Å²) in [7, 11) is 1.57. The average molecular weight is 263 g/mol. The molecule has 6 nitrogen and oxygen atoms in total. The van der Waals surface area contributed by atoms with Crippen molar-refractivity contribution in [3.8, 4) is 5.75 Å². The number of carboxylic acid groups (broad SMARTS) is 1. The molecule has 1 heterocycles. The minimum Gasteiger partial charge on any atom is -0.487 e. The van der Waals surface area contributed by atoms with E-state index in [1.165, 1.54) is 12.1 Å². The van der Waals surface area contributed by atoms with Gasteiger partial charge < -0.3 is 19.1 Å². The Balaban J connectivity index is 1.97. The largest absolute Gasteiger partial charge is 0.487 e. The number of ether oxygens (including phenoxy) is 2. The second-order valence-corrected chi connectivity index (χ2v) is 3.84. The third-order valence-corrected chi connectivity index (χ3v) is 2.36. The Labute approximate surface area is 109 Å². The Morgan fingerprint density at radius 1 is 1.37 bits per heavy atom. The Morgan fingerprint density at radius 3 is 2.95 bits per heavy atom. The number of benzene rings is 1. The van der Waals surface area contributed by atoms with Gasteiger partial charge in [-0.15, -0.1) is 0 Å². The molecule has 0 bridgehead atoms. The van der Waals surface area contributed by atoms with Gasteiger partial charge in [0.1, 0.15) is 24.7 Å². The Morgan fingerprint density at radius 2 is 2.21 bits per heavy atom. The zero-order valence-corrected chi connectivity index (χ0v) is 10.3. The predicted octanol–water partition coefficient (Wildman–Crippen LogP) is 2.10. The zero-order chi connectivity index (χ0) is 13.7. The van der Waals surface area contributed by atoms with Crippen LogP contribution in [0.3, 0.4) is 0 Å². The lowest BCUT2D eigenvalue weighted by Gasteiger charge is -2.04. The van der Waals surface area contributed by atoms with Gasteiger partial charge in [-0.2, -0.15) is 0 Å². The quantitative estimate of drug-likeness (QED) is 0.859. The molecule has 0 aliphatic rings. The van der Waals surface area contributed by atoms with Gasteiger partial charge in [0.2, 0.25) is 0 Å². The van der Waals surface area contributed by atoms with Crippen molar-refractivity contribution in [3.05, 3.63) is 47.3 Å². The van der Waals surface area contributed by atoms with Crippen LogP contribution in [0, 0.1) is 0 Å². The summed E-state index contributed by atoms with van der Waals surface area (Å²) in [5.41, 5.74) is 0.797. The maximum Gasteiger partial charge on any atom is 0.335 e. The maximum atomic E-state index is 10.8. The number of hydrogen-bond donors (Lipinski definition) is 1. The molecule has 0 atom stereocenters. The molecular formula is C13H13NO5. The molecule has 100 valence electrons. The second kappa shape index (κ2) is 6.01. The summed E-state index contributed by atoms with van der Waals surface area (Å²) in [6.07, 6.45) is 0. The molecule has 0 saturated heterocycles. The summed E-state index contributed by atoms with van der Waals surface area (Å²) >= 11 is 0. The second-order valence-electron chi connectivity index (χ2n) is 3.84. The summed E-state index contributed by atoms with van der Waals surface area (Å²) in [5.74, 6) is 0.0887. The van der Waals surface area contributed by atoms with Crippen molar-refractivity contribution in [3.63, 3.8) is 0 Å². The smallest absolute Gasteiger partial charge is 0.335 e. The fourth-order valence-electron chi connectivity index (χ4n) is 1.51. The summed E-state index contributed by atoms with van der Waals surface area (Å²) in [6, 6.07) is 7.99. The van der Waals surface area contributed by atoms with E-state index in [2.05, 4.69) is 5.16 Å². The van der Waals surface area contributed by atoms with Crippen molar-refractivity contribution in [2.24, 2.45) is 0 Å². The van der Waals surface area contributed by atoms with E-state index in [9.17, 15) is 4.79 Å². The standard InChI is InChI=1S/C13H13NO5/c1-17-8-12-6-10(14-19-12)7-18-11-4-2-3-9(5-11)13(15)16/h2-6H,7-8H2,1H3,(H,15,16). The number of hydrogen-bond acceptors (Lipinski definition) is 5. The van der Waals surface area contributed by atoms with Crippen LogP contribution in [0.1, 0.15) is 21.8 Å². The number of nitrogens with zero attached hydrogens (tertiary/aromatic N) is 1. The van der Waals surface area contributed by atoms with Crippen LogP contribution in [0.5, 0.6) is 5.75 Å². The van der Waals surface area contributed by atoms with Gasteiger partial charge in [0.05, 0.1) is 5.56 Å². The number of rotatable bonds is 6. The zero-order valence-electron chi connectivity index (χ0n) is 10.3. The lowest BCUT2D eigenvalue weighted by Crippen LogP contribution is -1.99. The molecular weight excluding hydrogens is 250 g/mol. The molecule has 1 aromatic carbocycles. The molecule has 1 N–H and O–H groups in total. The molecule has 2 aromatic rings.